The number of pyridine rings is 1. The third-order valence-electron chi connectivity index (χ3n) is 5.98. The second-order valence-corrected chi connectivity index (χ2v) is 8.72. The van der Waals surface area contributed by atoms with Crippen molar-refractivity contribution in [3.05, 3.63) is 71.9 Å². The predicted molar refractivity (Wildman–Crippen MR) is 120 cm³/mol. The highest BCUT2D eigenvalue weighted by molar-refractivity contribution is 6.30. The molecule has 5 rings (SSSR count). The maximum Gasteiger partial charge on any atom is 0.254 e. The highest BCUT2D eigenvalue weighted by Crippen LogP contribution is 2.37. The molecule has 2 atom stereocenters. The van der Waals surface area contributed by atoms with Crippen LogP contribution in [0.1, 0.15) is 29.6 Å². The van der Waals surface area contributed by atoms with Gasteiger partial charge in [-0.15, -0.1) is 0 Å². The lowest BCUT2D eigenvalue weighted by molar-refractivity contribution is -0.0453. The van der Waals surface area contributed by atoms with Crippen molar-refractivity contribution >= 4 is 17.5 Å². The number of ether oxygens (including phenoxy) is 2. The smallest absolute Gasteiger partial charge is 0.254 e. The third kappa shape index (κ3) is 4.45. The summed E-state index contributed by atoms with van der Waals surface area (Å²) in [5.41, 5.74) is 1.69. The fourth-order valence-corrected chi connectivity index (χ4v) is 4.60. The number of piperidine rings is 1. The maximum absolute atomic E-state index is 13.3. The molecule has 2 fully saturated rings. The van der Waals surface area contributed by atoms with Crippen LogP contribution >= 0.6 is 11.6 Å². The molecule has 164 valence electrons. The van der Waals surface area contributed by atoms with Gasteiger partial charge in [0.25, 0.3) is 5.91 Å². The first kappa shape index (κ1) is 20.8. The van der Waals surface area contributed by atoms with Crippen LogP contribution in [0.5, 0.6) is 5.75 Å². The molecule has 4 heterocycles. The van der Waals surface area contributed by atoms with Crippen molar-refractivity contribution in [2.24, 2.45) is 0 Å². The van der Waals surface area contributed by atoms with Gasteiger partial charge in [0.2, 0.25) is 0 Å². The van der Waals surface area contributed by atoms with Crippen molar-refractivity contribution in [1.82, 2.24) is 19.9 Å². The van der Waals surface area contributed by atoms with E-state index in [4.69, 9.17) is 21.1 Å². The second-order valence-electron chi connectivity index (χ2n) is 8.28. The molecule has 0 saturated carbocycles. The molecule has 8 heteroatoms. The molecule has 2 aliphatic heterocycles. The topological polar surface area (TPSA) is 77.4 Å². The zero-order valence-corrected chi connectivity index (χ0v) is 18.2. The fraction of sp³-hybridized carbons (Fsp3) is 0.333. The van der Waals surface area contributed by atoms with Crippen LogP contribution < -0.4 is 4.74 Å². The Labute approximate surface area is 191 Å². The maximum atomic E-state index is 13.3. The van der Waals surface area contributed by atoms with Crippen LogP contribution in [-0.2, 0) is 4.74 Å². The highest BCUT2D eigenvalue weighted by Gasteiger charge is 2.45. The van der Waals surface area contributed by atoms with Crippen LogP contribution in [0.15, 0.2) is 61.3 Å². The van der Waals surface area contributed by atoms with E-state index in [2.05, 4.69) is 15.0 Å². The minimum absolute atomic E-state index is 0.0183. The van der Waals surface area contributed by atoms with Crippen LogP contribution in [0.4, 0.5) is 0 Å². The van der Waals surface area contributed by atoms with Crippen molar-refractivity contribution in [3.63, 3.8) is 0 Å². The van der Waals surface area contributed by atoms with Crippen molar-refractivity contribution in [1.29, 1.82) is 0 Å². The van der Waals surface area contributed by atoms with E-state index in [-0.39, 0.29) is 17.6 Å². The first-order valence-electron chi connectivity index (χ1n) is 10.7. The molecule has 2 aromatic heterocycles. The molecule has 32 heavy (non-hydrogen) atoms. The first-order chi connectivity index (χ1) is 15.6. The van der Waals surface area contributed by atoms with E-state index >= 15 is 0 Å². The molecule has 0 unspecified atom stereocenters. The predicted octanol–water partition coefficient (Wildman–Crippen LogP) is 4.03. The van der Waals surface area contributed by atoms with Crippen molar-refractivity contribution in [2.75, 3.05) is 19.7 Å². The van der Waals surface area contributed by atoms with Gasteiger partial charge >= 0.3 is 0 Å². The molecule has 2 saturated heterocycles. The number of benzene rings is 1. The molecule has 0 aliphatic carbocycles. The number of halogens is 1. The van der Waals surface area contributed by atoms with Gasteiger partial charge in [-0.3, -0.25) is 9.78 Å². The minimum Gasteiger partial charge on any atom is -0.488 e. The molecule has 2 aliphatic rings. The van der Waals surface area contributed by atoms with Gasteiger partial charge in [-0.2, -0.15) is 0 Å². The summed E-state index contributed by atoms with van der Waals surface area (Å²) in [4.78, 5) is 27.6. The van der Waals surface area contributed by atoms with Crippen LogP contribution in [-0.4, -0.2) is 57.2 Å². The number of nitrogens with zero attached hydrogens (tertiary/aromatic N) is 4. The molecule has 0 bridgehead atoms. The summed E-state index contributed by atoms with van der Waals surface area (Å²) in [5, 5.41) is 0.678. The largest absolute Gasteiger partial charge is 0.488 e. The van der Waals surface area contributed by atoms with Crippen LogP contribution in [0.2, 0.25) is 5.02 Å². The number of likely N-dealkylation sites (tertiary alicyclic amines) is 1. The number of carbonyl (C=O) groups is 1. The summed E-state index contributed by atoms with van der Waals surface area (Å²) < 4.78 is 12.3. The summed E-state index contributed by atoms with van der Waals surface area (Å²) in [5.74, 6) is 0.758. The number of amides is 1. The monoisotopic (exact) mass is 450 g/mol. The number of aromatic nitrogens is 3. The van der Waals surface area contributed by atoms with E-state index in [1.165, 1.54) is 6.33 Å². The molecular weight excluding hydrogens is 428 g/mol. The van der Waals surface area contributed by atoms with Crippen molar-refractivity contribution < 1.29 is 14.3 Å². The summed E-state index contributed by atoms with van der Waals surface area (Å²) in [6.45, 7) is 1.77. The second kappa shape index (κ2) is 8.84. The molecule has 0 N–H and O–H groups in total. The molecular formula is C24H23ClN4O3. The zero-order chi connectivity index (χ0) is 22.0. The van der Waals surface area contributed by atoms with Gasteiger partial charge in [0, 0.05) is 47.7 Å². The van der Waals surface area contributed by atoms with E-state index in [1.807, 2.05) is 29.2 Å². The Bertz CT molecular complexity index is 1100. The lowest BCUT2D eigenvalue weighted by Gasteiger charge is -2.39. The van der Waals surface area contributed by atoms with Gasteiger partial charge < -0.3 is 14.4 Å². The van der Waals surface area contributed by atoms with Crippen LogP contribution in [0, 0.1) is 0 Å². The number of carbonyl (C=O) groups excluding carboxylic acids is 1. The molecule has 1 aromatic carbocycles. The van der Waals surface area contributed by atoms with Crippen LogP contribution in [0.3, 0.4) is 0 Å². The molecule has 1 amide bonds. The Morgan fingerprint density at radius 1 is 1.19 bits per heavy atom. The van der Waals surface area contributed by atoms with E-state index in [1.54, 1.807) is 30.7 Å². The Morgan fingerprint density at radius 2 is 2.00 bits per heavy atom. The summed E-state index contributed by atoms with van der Waals surface area (Å²) in [6.07, 6.45) is 9.01. The number of hydrogen-bond acceptors (Lipinski definition) is 6. The van der Waals surface area contributed by atoms with Crippen LogP contribution in [0.25, 0.3) is 11.3 Å². The van der Waals surface area contributed by atoms with Gasteiger partial charge in [0.1, 0.15) is 18.2 Å². The van der Waals surface area contributed by atoms with Gasteiger partial charge in [-0.05, 0) is 49.2 Å². The van der Waals surface area contributed by atoms with Gasteiger partial charge in [-0.1, -0.05) is 11.6 Å². The van der Waals surface area contributed by atoms with E-state index in [0.717, 1.165) is 30.6 Å². The Kier molecular flexibility index (Phi) is 5.76. The molecule has 1 spiro atoms. The lowest BCUT2D eigenvalue weighted by Crippen LogP contribution is -2.50. The average Bonchev–Trinajstić information content (AvgIpc) is 3.22. The number of hydrogen-bond donors (Lipinski definition) is 0. The summed E-state index contributed by atoms with van der Waals surface area (Å²) >= 11 is 5.96. The van der Waals surface area contributed by atoms with Gasteiger partial charge in [0.05, 0.1) is 24.4 Å². The van der Waals surface area contributed by atoms with E-state index in [0.29, 0.717) is 36.0 Å². The van der Waals surface area contributed by atoms with Crippen molar-refractivity contribution in [2.45, 2.75) is 31.0 Å². The van der Waals surface area contributed by atoms with Gasteiger partial charge in [0.15, 0.2) is 0 Å². The zero-order valence-electron chi connectivity index (χ0n) is 17.5. The Balaban J connectivity index is 1.27. The Morgan fingerprint density at radius 3 is 2.81 bits per heavy atom. The third-order valence-corrected chi connectivity index (χ3v) is 6.23. The lowest BCUT2D eigenvalue weighted by atomic mass is 9.89. The Hall–Kier alpha value is -3.03. The molecule has 7 nitrogen and oxygen atoms in total. The summed E-state index contributed by atoms with van der Waals surface area (Å²) in [6, 6.07) is 10.9. The highest BCUT2D eigenvalue weighted by atomic mass is 35.5. The average molecular weight is 451 g/mol. The number of rotatable bonds is 4. The fourth-order valence-electron chi connectivity index (χ4n) is 4.47. The summed E-state index contributed by atoms with van der Waals surface area (Å²) in [7, 11) is 0. The van der Waals surface area contributed by atoms with E-state index < -0.39 is 0 Å². The van der Waals surface area contributed by atoms with Gasteiger partial charge in [-0.25, -0.2) is 9.97 Å². The molecule has 3 aromatic rings. The normalized spacial score (nSPS) is 22.8. The standard InChI is InChI=1S/C24H23ClN4O3/c25-19-2-4-20(5-3-19)32-21-11-24(31-14-21)7-1-9-29(15-24)23(30)17-6-8-28-22(10-17)18-12-26-16-27-13-18/h2-6,8,10,12-13,16,21H,1,7,9,11,14-15H2/t21-,24+/m1/s1. The minimum atomic E-state index is -0.367. The van der Waals surface area contributed by atoms with E-state index in [9.17, 15) is 4.79 Å². The first-order valence-corrected chi connectivity index (χ1v) is 11.0. The SMILES string of the molecule is O=C(c1ccnc(-c2cncnc2)c1)N1CCC[C@]2(C[C@@H](Oc3ccc(Cl)cc3)CO2)C1. The van der Waals surface area contributed by atoms with Crippen molar-refractivity contribution in [3.8, 4) is 17.0 Å². The molecule has 0 radical (unpaired) electrons. The quantitative estimate of drug-likeness (QED) is 0.597.